The average Bonchev–Trinajstić information content (AvgIpc) is 3.89. The molecular weight excluding hydrogens is 741 g/mol. The second kappa shape index (κ2) is 14.3. The van der Waals surface area contributed by atoms with E-state index in [-0.39, 0.29) is 0 Å². The Bertz CT molecular complexity index is 3580. The van der Waals surface area contributed by atoms with Crippen LogP contribution in [0.5, 0.6) is 0 Å². The van der Waals surface area contributed by atoms with Crippen LogP contribution in [0.4, 0.5) is 17.1 Å². The van der Waals surface area contributed by atoms with Crippen molar-refractivity contribution in [3.05, 3.63) is 231 Å². The van der Waals surface area contributed by atoms with Crippen LogP contribution in [0, 0.1) is 0 Å². The molecule has 0 radical (unpaired) electrons. The summed E-state index contributed by atoms with van der Waals surface area (Å²) in [6, 6.07) is 82.9. The highest BCUT2D eigenvalue weighted by molar-refractivity contribution is 6.16. The number of aromatic nitrogens is 1. The van der Waals surface area contributed by atoms with Crippen LogP contribution in [0.2, 0.25) is 0 Å². The molecule has 0 N–H and O–H groups in total. The fraction of sp³-hybridized carbons (Fsp3) is 0. The van der Waals surface area contributed by atoms with Crippen molar-refractivity contribution in [2.45, 2.75) is 0 Å². The number of hydrogen-bond acceptors (Lipinski definition) is 2. The van der Waals surface area contributed by atoms with Gasteiger partial charge in [-0.2, -0.15) is 0 Å². The lowest BCUT2D eigenvalue weighted by molar-refractivity contribution is 0.669. The lowest BCUT2D eigenvalue weighted by Crippen LogP contribution is -2.11. The molecule has 3 heteroatoms. The topological polar surface area (TPSA) is 21.3 Å². The van der Waals surface area contributed by atoms with Gasteiger partial charge >= 0.3 is 0 Å². The van der Waals surface area contributed by atoms with Crippen LogP contribution < -0.4 is 4.90 Å². The van der Waals surface area contributed by atoms with E-state index >= 15 is 0 Å². The Kier molecular flexibility index (Phi) is 8.17. The Morgan fingerprint density at radius 1 is 0.344 bits per heavy atom. The highest BCUT2D eigenvalue weighted by Crippen LogP contribution is 2.48. The van der Waals surface area contributed by atoms with Gasteiger partial charge in [-0.3, -0.25) is 0 Å². The molecule has 286 valence electrons. The van der Waals surface area contributed by atoms with E-state index in [0.29, 0.717) is 0 Å². The number of nitrogens with zero attached hydrogens (tertiary/aromatic N) is 2. The molecule has 0 amide bonds. The Hall–Kier alpha value is -8.14. The van der Waals surface area contributed by atoms with Gasteiger partial charge in [-0.25, -0.2) is 0 Å². The summed E-state index contributed by atoms with van der Waals surface area (Å²) in [5.41, 5.74) is 15.5. The predicted octanol–water partition coefficient (Wildman–Crippen LogP) is 16.3. The summed E-state index contributed by atoms with van der Waals surface area (Å²) in [5.74, 6) is 0. The molecule has 10 aromatic carbocycles. The smallest absolute Gasteiger partial charge is 0.137 e. The quantitative estimate of drug-likeness (QED) is 0.161. The van der Waals surface area contributed by atoms with Crippen molar-refractivity contribution < 1.29 is 4.42 Å². The van der Waals surface area contributed by atoms with E-state index < -0.39 is 0 Å². The summed E-state index contributed by atoms with van der Waals surface area (Å²) in [6.45, 7) is 0. The van der Waals surface area contributed by atoms with Crippen LogP contribution in [0.3, 0.4) is 0 Å². The van der Waals surface area contributed by atoms with Gasteiger partial charge in [0, 0.05) is 38.7 Å². The zero-order valence-electron chi connectivity index (χ0n) is 33.2. The Balaban J connectivity index is 1.09. The van der Waals surface area contributed by atoms with Crippen molar-refractivity contribution in [1.82, 2.24) is 4.57 Å². The molecule has 0 saturated carbocycles. The first-order valence-electron chi connectivity index (χ1n) is 20.9. The normalized spacial score (nSPS) is 11.6. The van der Waals surface area contributed by atoms with Crippen LogP contribution >= 0.6 is 0 Å². The molecule has 0 unspecified atom stereocenters. The predicted molar refractivity (Wildman–Crippen MR) is 257 cm³/mol. The minimum atomic E-state index is 0.856. The lowest BCUT2D eigenvalue weighted by Gasteiger charge is -2.29. The van der Waals surface area contributed by atoms with Crippen LogP contribution in [0.15, 0.2) is 235 Å². The third-order valence-corrected chi connectivity index (χ3v) is 12.2. The van der Waals surface area contributed by atoms with E-state index in [1.54, 1.807) is 0 Å². The standard InChI is InChI=1S/C58H38N2O/c1-3-17-39(18-4-1)44-26-13-19-41-20-14-28-48(56(41)44)46-23-7-10-30-51(46)59(53-32-16-34-55-57(53)50-25-9-12-33-54(50)61-55)43-37-35-40(36-38-43)45-27-15-29-49-47-24-8-11-31-52(47)60(58(45)49)42-21-5-2-6-22-42/h1-38H. The first-order valence-corrected chi connectivity index (χ1v) is 20.9. The summed E-state index contributed by atoms with van der Waals surface area (Å²) in [5, 5.41) is 7.08. The molecule has 0 aliphatic carbocycles. The molecule has 0 aliphatic heterocycles. The van der Waals surface area contributed by atoms with E-state index in [0.717, 1.165) is 55.8 Å². The van der Waals surface area contributed by atoms with Crippen molar-refractivity contribution in [1.29, 1.82) is 0 Å². The van der Waals surface area contributed by atoms with Gasteiger partial charge in [0.05, 0.1) is 27.8 Å². The SMILES string of the molecule is c1ccc(-c2cccc3cccc(-c4ccccc4N(c4ccc(-c5cccc6c7ccccc7n(-c7ccccc7)c56)cc4)c4cccc5oc6ccccc6c45)c23)cc1. The number of benzene rings is 10. The van der Waals surface area contributed by atoms with Gasteiger partial charge in [0.2, 0.25) is 0 Å². The first-order chi connectivity index (χ1) is 30.3. The monoisotopic (exact) mass is 778 g/mol. The van der Waals surface area contributed by atoms with Gasteiger partial charge in [0.25, 0.3) is 0 Å². The summed E-state index contributed by atoms with van der Waals surface area (Å²) in [6.07, 6.45) is 0. The summed E-state index contributed by atoms with van der Waals surface area (Å²) < 4.78 is 8.93. The second-order valence-electron chi connectivity index (χ2n) is 15.6. The highest BCUT2D eigenvalue weighted by atomic mass is 16.3. The Labute approximate surface area is 353 Å². The maximum atomic E-state index is 6.51. The molecule has 12 aromatic rings. The van der Waals surface area contributed by atoms with Crippen molar-refractivity contribution in [3.8, 4) is 39.1 Å². The number of anilines is 3. The second-order valence-corrected chi connectivity index (χ2v) is 15.6. The Morgan fingerprint density at radius 2 is 0.918 bits per heavy atom. The minimum Gasteiger partial charge on any atom is -0.456 e. The van der Waals surface area contributed by atoms with Crippen LogP contribution in [0.25, 0.3) is 93.6 Å². The van der Waals surface area contributed by atoms with E-state index in [2.05, 4.69) is 234 Å². The van der Waals surface area contributed by atoms with Gasteiger partial charge in [0.1, 0.15) is 11.2 Å². The lowest BCUT2D eigenvalue weighted by atomic mass is 9.90. The zero-order valence-corrected chi connectivity index (χ0v) is 33.2. The van der Waals surface area contributed by atoms with Gasteiger partial charge in [-0.1, -0.05) is 176 Å². The fourth-order valence-corrected chi connectivity index (χ4v) is 9.56. The van der Waals surface area contributed by atoms with E-state index in [4.69, 9.17) is 4.42 Å². The van der Waals surface area contributed by atoms with Gasteiger partial charge in [-0.05, 0) is 87.6 Å². The average molecular weight is 779 g/mol. The van der Waals surface area contributed by atoms with Crippen molar-refractivity contribution >= 4 is 71.6 Å². The maximum Gasteiger partial charge on any atom is 0.137 e. The van der Waals surface area contributed by atoms with E-state index in [1.807, 2.05) is 6.07 Å². The molecule has 2 heterocycles. The molecule has 3 nitrogen and oxygen atoms in total. The van der Waals surface area contributed by atoms with Crippen LogP contribution in [-0.2, 0) is 0 Å². The van der Waals surface area contributed by atoms with Gasteiger partial charge < -0.3 is 13.9 Å². The number of hydrogen-bond donors (Lipinski definition) is 0. The molecule has 0 fully saturated rings. The van der Waals surface area contributed by atoms with Gasteiger partial charge in [0.15, 0.2) is 0 Å². The van der Waals surface area contributed by atoms with Gasteiger partial charge in [-0.15, -0.1) is 0 Å². The third kappa shape index (κ3) is 5.66. The molecule has 0 bridgehead atoms. The molecule has 0 saturated heterocycles. The van der Waals surface area contributed by atoms with E-state index in [9.17, 15) is 0 Å². The van der Waals surface area contributed by atoms with Crippen LogP contribution in [0.1, 0.15) is 0 Å². The molecule has 61 heavy (non-hydrogen) atoms. The van der Waals surface area contributed by atoms with Crippen molar-refractivity contribution in [2.75, 3.05) is 4.90 Å². The molecule has 0 aliphatic rings. The van der Waals surface area contributed by atoms with E-state index in [1.165, 1.54) is 54.8 Å². The number of fused-ring (bicyclic) bond motifs is 7. The van der Waals surface area contributed by atoms with Crippen LogP contribution in [-0.4, -0.2) is 4.57 Å². The summed E-state index contributed by atoms with van der Waals surface area (Å²) in [4.78, 5) is 2.43. The minimum absolute atomic E-state index is 0.856. The zero-order chi connectivity index (χ0) is 40.3. The van der Waals surface area contributed by atoms with Crippen molar-refractivity contribution in [3.63, 3.8) is 0 Å². The number of rotatable bonds is 7. The number of furan rings is 1. The third-order valence-electron chi connectivity index (χ3n) is 12.2. The number of para-hydroxylation sites is 5. The molecule has 12 rings (SSSR count). The maximum absolute atomic E-state index is 6.51. The first kappa shape index (κ1) is 34.9. The fourth-order valence-electron chi connectivity index (χ4n) is 9.56. The summed E-state index contributed by atoms with van der Waals surface area (Å²) >= 11 is 0. The van der Waals surface area contributed by atoms with Crippen molar-refractivity contribution in [2.24, 2.45) is 0 Å². The molecule has 2 aromatic heterocycles. The molecule has 0 atom stereocenters. The largest absolute Gasteiger partial charge is 0.456 e. The summed E-state index contributed by atoms with van der Waals surface area (Å²) in [7, 11) is 0. The molecular formula is C58H38N2O. The Morgan fingerprint density at radius 3 is 1.75 bits per heavy atom. The molecule has 0 spiro atoms. The highest BCUT2D eigenvalue weighted by Gasteiger charge is 2.24.